The van der Waals surface area contributed by atoms with Gasteiger partial charge in [-0.25, -0.2) is 0 Å². The molecule has 8 heteroatoms. The molecule has 0 fully saturated rings. The maximum Gasteiger partial charge on any atom is 0.0795 e. The van der Waals surface area contributed by atoms with E-state index in [0.29, 0.717) is 0 Å². The molecule has 12 heterocycles. The highest BCUT2D eigenvalue weighted by molar-refractivity contribution is 6.42. The first-order valence-corrected chi connectivity index (χ1v) is 43.1. The maximum absolute atomic E-state index is 2.74. The molecule has 0 radical (unpaired) electrons. The minimum Gasteiger partial charge on any atom is -0.309 e. The lowest BCUT2D eigenvalue weighted by Gasteiger charge is -2.19. The largest absolute Gasteiger partial charge is 0.309 e. The SMILES string of the molecule is CC(C)c1c2c3cc4c(c5ccc(-c6cc7c8ccccc8n(-c8ccccc8)c7c7c6c6cccc8c9cc%10c(cc9n7c86)c6cccc7c8ccc9c%11ccccc%11n(-c%11ccccc%11)c9c8n%10c67)cc5n4-c4ccccc4)c4c5ccccc5n(c2c(C(C)C)c2c5cc6c(c7ccccc7n6-c6ccccc6)c6c7ccccc7n(c12)c56)c34. The first-order valence-electron chi connectivity index (χ1n) is 43.1. The summed E-state index contributed by atoms with van der Waals surface area (Å²) in [5.74, 6) is 0.270. The highest BCUT2D eigenvalue weighted by Gasteiger charge is 2.36. The van der Waals surface area contributed by atoms with Gasteiger partial charge in [-0.05, 0) is 149 Å². The second-order valence-corrected chi connectivity index (χ2v) is 35.2. The first kappa shape index (κ1) is 64.4. The Bertz CT molecular complexity index is 9950. The highest BCUT2D eigenvalue weighted by atomic mass is 15.1. The van der Waals surface area contributed by atoms with Crippen molar-refractivity contribution in [2.45, 2.75) is 39.5 Å². The highest BCUT2D eigenvalue weighted by Crippen LogP contribution is 2.58. The second kappa shape index (κ2) is 22.4. The van der Waals surface area contributed by atoms with Gasteiger partial charge in [0.05, 0.1) is 110 Å². The fourth-order valence-corrected chi connectivity index (χ4v) is 24.4. The molecule has 0 aliphatic heterocycles. The third kappa shape index (κ3) is 7.51. The van der Waals surface area contributed by atoms with Gasteiger partial charge in [0.1, 0.15) is 0 Å². The van der Waals surface area contributed by atoms with Gasteiger partial charge < -0.3 is 35.9 Å². The van der Waals surface area contributed by atoms with E-state index in [9.17, 15) is 0 Å². The number of nitrogens with zero attached hydrogens (tertiary/aromatic N) is 8. The van der Waals surface area contributed by atoms with Crippen molar-refractivity contribution in [3.63, 3.8) is 0 Å². The van der Waals surface area contributed by atoms with Crippen LogP contribution in [0.3, 0.4) is 0 Å². The van der Waals surface area contributed by atoms with E-state index < -0.39 is 0 Å². The van der Waals surface area contributed by atoms with Crippen LogP contribution in [0.15, 0.2) is 340 Å². The zero-order valence-corrected chi connectivity index (χ0v) is 67.1. The fourth-order valence-electron chi connectivity index (χ4n) is 24.4. The lowest BCUT2D eigenvalue weighted by Crippen LogP contribution is -2.01. The van der Waals surface area contributed by atoms with E-state index in [1.807, 2.05) is 0 Å². The molecule has 30 aromatic rings. The van der Waals surface area contributed by atoms with Gasteiger partial charge in [0.15, 0.2) is 0 Å². The number of benzene rings is 18. The molecular weight excluding hydrogens is 1480 g/mol. The molecule has 0 bridgehead atoms. The zero-order valence-electron chi connectivity index (χ0n) is 67.1. The minimum absolute atomic E-state index is 0.130. The lowest BCUT2D eigenvalue weighted by molar-refractivity contribution is 0.869. The van der Waals surface area contributed by atoms with Crippen LogP contribution in [0.2, 0.25) is 0 Å². The third-order valence-electron chi connectivity index (χ3n) is 28.7. The maximum atomic E-state index is 2.74. The molecule has 12 aromatic heterocycles. The molecule has 0 unspecified atom stereocenters. The van der Waals surface area contributed by atoms with Gasteiger partial charge in [-0.1, -0.05) is 252 Å². The van der Waals surface area contributed by atoms with Gasteiger partial charge >= 0.3 is 0 Å². The van der Waals surface area contributed by atoms with E-state index in [-0.39, 0.29) is 11.8 Å². The summed E-state index contributed by atoms with van der Waals surface area (Å²) in [4.78, 5) is 0. The summed E-state index contributed by atoms with van der Waals surface area (Å²) in [6.07, 6.45) is 0. The van der Waals surface area contributed by atoms with Gasteiger partial charge in [-0.3, -0.25) is 0 Å². The van der Waals surface area contributed by atoms with Crippen LogP contribution >= 0.6 is 0 Å². The van der Waals surface area contributed by atoms with Crippen LogP contribution in [0, 0.1) is 0 Å². The van der Waals surface area contributed by atoms with Crippen LogP contribution in [-0.2, 0) is 0 Å². The van der Waals surface area contributed by atoms with Gasteiger partial charge in [0, 0.05) is 152 Å². The quantitative estimate of drug-likeness (QED) is 0.153. The van der Waals surface area contributed by atoms with Gasteiger partial charge in [0.25, 0.3) is 0 Å². The van der Waals surface area contributed by atoms with Crippen molar-refractivity contribution < 1.29 is 0 Å². The fraction of sp³-hybridized carbons (Fsp3) is 0.0526. The summed E-state index contributed by atoms with van der Waals surface area (Å²) in [6.45, 7) is 9.81. The number of rotatable bonds is 7. The molecular formula is C114H70N8. The third-order valence-corrected chi connectivity index (χ3v) is 28.7. The molecule has 0 amide bonds. The molecule has 0 aliphatic carbocycles. The van der Waals surface area contributed by atoms with Crippen LogP contribution < -0.4 is 0 Å². The summed E-state index contributed by atoms with van der Waals surface area (Å²) in [5.41, 5.74) is 34.4. The van der Waals surface area contributed by atoms with Crippen LogP contribution in [0.25, 0.3) is 273 Å². The number of hydrogen-bond acceptors (Lipinski definition) is 0. The van der Waals surface area contributed by atoms with E-state index in [1.165, 1.54) is 262 Å². The molecule has 8 nitrogen and oxygen atoms in total. The first-order chi connectivity index (χ1) is 60.3. The van der Waals surface area contributed by atoms with Gasteiger partial charge in [0.2, 0.25) is 0 Å². The Hall–Kier alpha value is -15.6. The smallest absolute Gasteiger partial charge is 0.0795 e. The lowest BCUT2D eigenvalue weighted by atomic mass is 9.86. The Morgan fingerprint density at radius 3 is 1.00 bits per heavy atom. The van der Waals surface area contributed by atoms with Crippen molar-refractivity contribution in [1.82, 2.24) is 35.9 Å². The number of aromatic nitrogens is 8. The van der Waals surface area contributed by atoms with Crippen molar-refractivity contribution in [3.05, 3.63) is 351 Å². The van der Waals surface area contributed by atoms with Crippen LogP contribution in [-0.4, -0.2) is 35.9 Å². The van der Waals surface area contributed by atoms with Crippen molar-refractivity contribution in [2.75, 3.05) is 0 Å². The average molecular weight is 1550 g/mol. The minimum atomic E-state index is 0.130. The Morgan fingerprint density at radius 2 is 0.500 bits per heavy atom. The standard InChI is InChI=1S/C114H70N8/c1-61(2)96-103-84-59-94-99(75-39-19-24-48-88(75)115(94)64-29-9-5-10-30-64)101-76-40-20-25-49-89(76)119(107(84)101)112(103)97(62(3)4)104-85-60-95-100(102-77-41-21-26-50-90(77)120(108(85)102)113(96)104)78-52-51-63(55-91(78)116(95)65-31-11-6-12-32-65)80-56-83-69-38-18-23-47-87(69)118(67-35-15-8-16-36-67)111(83)114-98(80)79-45-28-44-72-82-57-92-81(58-93(82)122(114)106(72)79)71-43-27-42-70-74-54-53-73-68-37-17-22-46-86(68)117(66-33-13-7-14-34-66)109(73)110(74)121(92)105(70)71/h5-62H,1-4H3. The summed E-state index contributed by atoms with van der Waals surface area (Å²) in [5, 5.41) is 30.4. The normalized spacial score (nSPS) is 13.1. The molecule has 30 rings (SSSR count). The van der Waals surface area contributed by atoms with Gasteiger partial charge in [-0.2, -0.15) is 0 Å². The predicted molar refractivity (Wildman–Crippen MR) is 516 cm³/mol. The summed E-state index contributed by atoms with van der Waals surface area (Å²) in [6, 6.07) is 129. The molecule has 122 heavy (non-hydrogen) atoms. The summed E-state index contributed by atoms with van der Waals surface area (Å²) in [7, 11) is 0. The number of para-hydroxylation sites is 11. The van der Waals surface area contributed by atoms with Crippen LogP contribution in [0.1, 0.15) is 50.7 Å². The Morgan fingerprint density at radius 1 is 0.164 bits per heavy atom. The van der Waals surface area contributed by atoms with E-state index in [1.54, 1.807) is 0 Å². The molecule has 0 saturated carbocycles. The molecule has 0 saturated heterocycles. The molecule has 0 atom stereocenters. The average Bonchev–Trinajstić information content (AvgIpc) is 1.49. The number of hydrogen-bond donors (Lipinski definition) is 0. The topological polar surface area (TPSA) is 37.4 Å². The van der Waals surface area contributed by atoms with E-state index in [2.05, 4.69) is 403 Å². The monoisotopic (exact) mass is 1550 g/mol. The second-order valence-electron chi connectivity index (χ2n) is 35.2. The van der Waals surface area contributed by atoms with E-state index >= 15 is 0 Å². The van der Waals surface area contributed by atoms with Crippen molar-refractivity contribution in [2.24, 2.45) is 0 Å². The molecule has 0 spiro atoms. The van der Waals surface area contributed by atoms with E-state index in [0.717, 1.165) is 22.7 Å². The zero-order chi connectivity index (χ0) is 79.4. The molecule has 566 valence electrons. The number of fused-ring (bicyclic) bond motifs is 40. The van der Waals surface area contributed by atoms with E-state index in [4.69, 9.17) is 0 Å². The Kier molecular flexibility index (Phi) is 11.8. The van der Waals surface area contributed by atoms with Crippen molar-refractivity contribution in [1.29, 1.82) is 0 Å². The Labute approximate surface area is 695 Å². The predicted octanol–water partition coefficient (Wildman–Crippen LogP) is 30.6. The molecule has 18 aromatic carbocycles. The van der Waals surface area contributed by atoms with Gasteiger partial charge in [-0.15, -0.1) is 0 Å². The molecule has 0 aliphatic rings. The van der Waals surface area contributed by atoms with Crippen molar-refractivity contribution in [3.8, 4) is 33.9 Å². The van der Waals surface area contributed by atoms with Crippen molar-refractivity contribution >= 4 is 240 Å². The Balaban J connectivity index is 0.731. The van der Waals surface area contributed by atoms with Crippen LogP contribution in [0.5, 0.6) is 0 Å². The molecule has 0 N–H and O–H groups in total. The summed E-state index contributed by atoms with van der Waals surface area (Å²) < 4.78 is 21.0. The van der Waals surface area contributed by atoms with Crippen LogP contribution in [0.4, 0.5) is 0 Å². The summed E-state index contributed by atoms with van der Waals surface area (Å²) >= 11 is 0.